The molecule has 1 saturated carbocycles. The number of nitrogens with one attached hydrogen (secondary N) is 1. The first-order valence-electron chi connectivity index (χ1n) is 5.97. The predicted molar refractivity (Wildman–Crippen MR) is 67.9 cm³/mol. The van der Waals surface area contributed by atoms with Crippen LogP contribution in [0, 0.1) is 0 Å². The van der Waals surface area contributed by atoms with Crippen LogP contribution in [0.25, 0.3) is 0 Å². The van der Waals surface area contributed by atoms with Crippen molar-refractivity contribution in [3.63, 3.8) is 0 Å². The summed E-state index contributed by atoms with van der Waals surface area (Å²) in [5.74, 6) is -0.857. The van der Waals surface area contributed by atoms with Gasteiger partial charge in [0.05, 0.1) is 5.69 Å². The Morgan fingerprint density at radius 2 is 2.24 bits per heavy atom. The zero-order valence-electron chi connectivity index (χ0n) is 9.82. The molecule has 3 rings (SSSR count). The van der Waals surface area contributed by atoms with Crippen LogP contribution in [0.5, 0.6) is 0 Å². The normalized spacial score (nSPS) is 21.2. The molecule has 0 saturated heterocycles. The fourth-order valence-corrected chi connectivity index (χ4v) is 4.51. The molecule has 0 unspecified atom stereocenters. The maximum absolute atomic E-state index is 11.2. The minimum absolute atomic E-state index is 0.310. The second-order valence-electron chi connectivity index (χ2n) is 4.98. The minimum atomic E-state index is -0.857. The number of carbonyl (C=O) groups is 1. The highest BCUT2D eigenvalue weighted by Crippen LogP contribution is 2.51. The van der Waals surface area contributed by atoms with Crippen molar-refractivity contribution in [1.29, 1.82) is 0 Å². The second kappa shape index (κ2) is 3.70. The first-order valence-corrected chi connectivity index (χ1v) is 6.78. The van der Waals surface area contributed by atoms with E-state index in [1.807, 2.05) is 18.0 Å². The zero-order valence-corrected chi connectivity index (χ0v) is 10.6. The van der Waals surface area contributed by atoms with Gasteiger partial charge in [-0.2, -0.15) is 0 Å². The standard InChI is InChI=1S/C12H16N2O2S/c1-14-6-8-9(10(14)11(15)16)13-7-12(17-8)4-2-3-5-12/h6,13H,2-5,7H2,1H3,(H,15,16). The van der Waals surface area contributed by atoms with Gasteiger partial charge in [-0.3, -0.25) is 0 Å². The lowest BCUT2D eigenvalue weighted by molar-refractivity contribution is 0.0687. The van der Waals surface area contributed by atoms with Crippen LogP contribution in [-0.4, -0.2) is 26.9 Å². The SMILES string of the molecule is Cn1cc2c(c1C(=O)O)NCC1(CCCC1)S2. The number of rotatable bonds is 1. The summed E-state index contributed by atoms with van der Waals surface area (Å²) in [5.41, 5.74) is 1.18. The van der Waals surface area contributed by atoms with E-state index in [1.165, 1.54) is 25.7 Å². The molecule has 0 atom stereocenters. The number of fused-ring (bicyclic) bond motifs is 1. The van der Waals surface area contributed by atoms with Gasteiger partial charge in [-0.25, -0.2) is 4.79 Å². The molecule has 2 aliphatic rings. The zero-order chi connectivity index (χ0) is 12.0. The topological polar surface area (TPSA) is 54.3 Å². The monoisotopic (exact) mass is 252 g/mol. The summed E-state index contributed by atoms with van der Waals surface area (Å²) in [4.78, 5) is 12.3. The van der Waals surface area contributed by atoms with Crippen LogP contribution >= 0.6 is 11.8 Å². The molecule has 1 fully saturated rings. The molecule has 0 aromatic carbocycles. The number of aryl methyl sites for hydroxylation is 1. The molecule has 5 heteroatoms. The molecule has 1 spiro atoms. The van der Waals surface area contributed by atoms with E-state index >= 15 is 0 Å². The Hall–Kier alpha value is -1.10. The third-order valence-corrected chi connectivity index (χ3v) is 5.29. The molecule has 1 aliphatic carbocycles. The van der Waals surface area contributed by atoms with Gasteiger partial charge in [0.2, 0.25) is 0 Å². The van der Waals surface area contributed by atoms with Gasteiger partial charge in [0.25, 0.3) is 0 Å². The molecule has 0 radical (unpaired) electrons. The number of nitrogens with zero attached hydrogens (tertiary/aromatic N) is 1. The van der Waals surface area contributed by atoms with Crippen LogP contribution in [0.15, 0.2) is 11.1 Å². The fraction of sp³-hybridized carbons (Fsp3) is 0.583. The second-order valence-corrected chi connectivity index (χ2v) is 6.49. The van der Waals surface area contributed by atoms with Crippen molar-refractivity contribution in [3.8, 4) is 0 Å². The summed E-state index contributed by atoms with van der Waals surface area (Å²) >= 11 is 1.87. The number of carboxylic acids is 1. The number of anilines is 1. The van der Waals surface area contributed by atoms with Crippen LogP contribution in [0.2, 0.25) is 0 Å². The van der Waals surface area contributed by atoms with E-state index < -0.39 is 5.97 Å². The van der Waals surface area contributed by atoms with Crippen molar-refractivity contribution in [1.82, 2.24) is 4.57 Å². The molecular formula is C12H16N2O2S. The van der Waals surface area contributed by atoms with Crippen molar-refractivity contribution in [2.45, 2.75) is 35.3 Å². The molecule has 92 valence electrons. The third kappa shape index (κ3) is 1.64. The van der Waals surface area contributed by atoms with E-state index in [4.69, 9.17) is 0 Å². The highest BCUT2D eigenvalue weighted by atomic mass is 32.2. The Morgan fingerprint density at radius 3 is 2.88 bits per heavy atom. The van der Waals surface area contributed by atoms with Crippen LogP contribution in [0.1, 0.15) is 36.2 Å². The Kier molecular flexibility index (Phi) is 2.40. The number of hydrogen-bond acceptors (Lipinski definition) is 3. The van der Waals surface area contributed by atoms with Crippen LogP contribution < -0.4 is 5.32 Å². The molecule has 1 aromatic heterocycles. The Labute approximate surface area is 104 Å². The Balaban J connectivity index is 1.99. The summed E-state index contributed by atoms with van der Waals surface area (Å²) in [6, 6.07) is 0. The number of aromatic nitrogens is 1. The molecule has 1 aliphatic heterocycles. The Bertz CT molecular complexity index is 475. The van der Waals surface area contributed by atoms with Crippen molar-refractivity contribution in [2.24, 2.45) is 7.05 Å². The highest BCUT2D eigenvalue weighted by Gasteiger charge is 2.40. The largest absolute Gasteiger partial charge is 0.477 e. The average Bonchev–Trinajstić information content (AvgIpc) is 2.82. The molecular weight excluding hydrogens is 236 g/mol. The van der Waals surface area contributed by atoms with E-state index in [2.05, 4.69) is 5.32 Å². The van der Waals surface area contributed by atoms with Gasteiger partial charge in [0.1, 0.15) is 0 Å². The summed E-state index contributed by atoms with van der Waals surface area (Å²) in [5, 5.41) is 12.5. The predicted octanol–water partition coefficient (Wildman–Crippen LogP) is 2.55. The summed E-state index contributed by atoms with van der Waals surface area (Å²) in [7, 11) is 1.80. The molecule has 2 heterocycles. The number of hydrogen-bond donors (Lipinski definition) is 2. The summed E-state index contributed by atoms with van der Waals surface area (Å²) < 4.78 is 2.02. The van der Waals surface area contributed by atoms with E-state index in [1.54, 1.807) is 11.6 Å². The maximum atomic E-state index is 11.2. The van der Waals surface area contributed by atoms with Gasteiger partial charge in [-0.05, 0) is 12.8 Å². The molecule has 2 N–H and O–H groups in total. The van der Waals surface area contributed by atoms with Gasteiger partial charge in [0.15, 0.2) is 5.69 Å². The molecule has 1 aromatic rings. The maximum Gasteiger partial charge on any atom is 0.354 e. The van der Waals surface area contributed by atoms with E-state index in [9.17, 15) is 9.90 Å². The van der Waals surface area contributed by atoms with Gasteiger partial charge < -0.3 is 15.0 Å². The van der Waals surface area contributed by atoms with Crippen LogP contribution in [0.4, 0.5) is 5.69 Å². The Morgan fingerprint density at radius 1 is 1.53 bits per heavy atom. The molecule has 0 bridgehead atoms. The fourth-order valence-electron chi connectivity index (χ4n) is 2.92. The van der Waals surface area contributed by atoms with Crippen molar-refractivity contribution < 1.29 is 9.90 Å². The van der Waals surface area contributed by atoms with Gasteiger partial charge in [0, 0.05) is 29.4 Å². The molecule has 17 heavy (non-hydrogen) atoms. The van der Waals surface area contributed by atoms with Gasteiger partial charge in [-0.1, -0.05) is 12.8 Å². The van der Waals surface area contributed by atoms with E-state index in [0.717, 1.165) is 17.1 Å². The van der Waals surface area contributed by atoms with E-state index in [-0.39, 0.29) is 0 Å². The van der Waals surface area contributed by atoms with Crippen molar-refractivity contribution >= 4 is 23.4 Å². The quantitative estimate of drug-likeness (QED) is 0.806. The highest BCUT2D eigenvalue weighted by molar-refractivity contribution is 8.01. The lowest BCUT2D eigenvalue weighted by atomic mass is 10.1. The van der Waals surface area contributed by atoms with Crippen molar-refractivity contribution in [2.75, 3.05) is 11.9 Å². The number of aromatic carboxylic acids is 1. The molecule has 4 nitrogen and oxygen atoms in total. The van der Waals surface area contributed by atoms with Gasteiger partial charge >= 0.3 is 5.97 Å². The number of carboxylic acid groups (broad SMARTS) is 1. The summed E-state index contributed by atoms with van der Waals surface area (Å²) in [6.45, 7) is 0.898. The van der Waals surface area contributed by atoms with Crippen LogP contribution in [-0.2, 0) is 7.05 Å². The smallest absolute Gasteiger partial charge is 0.354 e. The average molecular weight is 252 g/mol. The first kappa shape index (κ1) is 11.0. The minimum Gasteiger partial charge on any atom is -0.477 e. The number of thioether (sulfide) groups is 1. The third-order valence-electron chi connectivity index (χ3n) is 3.78. The van der Waals surface area contributed by atoms with Crippen LogP contribution in [0.3, 0.4) is 0 Å². The lowest BCUT2D eigenvalue weighted by Crippen LogP contribution is -2.33. The molecule has 0 amide bonds. The van der Waals surface area contributed by atoms with E-state index in [0.29, 0.717) is 10.4 Å². The van der Waals surface area contributed by atoms with Crippen molar-refractivity contribution in [3.05, 3.63) is 11.9 Å². The first-order chi connectivity index (χ1) is 8.11. The lowest BCUT2D eigenvalue weighted by Gasteiger charge is -2.33. The summed E-state index contributed by atoms with van der Waals surface area (Å²) in [6.07, 6.45) is 7.00. The van der Waals surface area contributed by atoms with Gasteiger partial charge in [-0.15, -0.1) is 11.8 Å².